The van der Waals surface area contributed by atoms with Crippen molar-refractivity contribution in [2.75, 3.05) is 23.7 Å². The summed E-state index contributed by atoms with van der Waals surface area (Å²) in [6.07, 6.45) is 7.95. The monoisotopic (exact) mass is 290 g/mol. The van der Waals surface area contributed by atoms with Crippen LogP contribution in [0.2, 0.25) is 0 Å². The first-order chi connectivity index (χ1) is 10.2. The van der Waals surface area contributed by atoms with Gasteiger partial charge in [0.25, 0.3) is 0 Å². The summed E-state index contributed by atoms with van der Waals surface area (Å²) in [5.41, 5.74) is 1.01. The molecule has 1 fully saturated rings. The van der Waals surface area contributed by atoms with Crippen molar-refractivity contribution in [3.63, 3.8) is 0 Å². The molecule has 118 valence electrons. The summed E-state index contributed by atoms with van der Waals surface area (Å²) in [5, 5.41) is 6.73. The molecule has 0 aromatic carbocycles. The molecule has 0 aliphatic heterocycles. The summed E-state index contributed by atoms with van der Waals surface area (Å²) < 4.78 is 0. The van der Waals surface area contributed by atoms with Crippen LogP contribution in [0.15, 0.2) is 6.07 Å². The number of aromatic nitrogens is 2. The molecule has 0 saturated heterocycles. The molecule has 2 N–H and O–H groups in total. The van der Waals surface area contributed by atoms with Crippen LogP contribution >= 0.6 is 0 Å². The van der Waals surface area contributed by atoms with Gasteiger partial charge >= 0.3 is 0 Å². The van der Waals surface area contributed by atoms with E-state index in [-0.39, 0.29) is 0 Å². The van der Waals surface area contributed by atoms with Crippen LogP contribution in [0.4, 0.5) is 11.8 Å². The van der Waals surface area contributed by atoms with Crippen LogP contribution < -0.4 is 10.6 Å². The third-order valence-electron chi connectivity index (χ3n) is 4.38. The van der Waals surface area contributed by atoms with E-state index in [1.165, 1.54) is 32.1 Å². The molecule has 0 bridgehead atoms. The van der Waals surface area contributed by atoms with Crippen molar-refractivity contribution < 1.29 is 0 Å². The standard InChI is InChI=1S/C17H30N4/c1-4-10-19-17-20-14(3)12-16(21-17)18-11-9-15-7-5-13(2)6-8-15/h12-13,15H,4-11H2,1-3H3,(H2,18,19,20,21). The number of rotatable bonds is 7. The van der Waals surface area contributed by atoms with Gasteiger partial charge in [-0.1, -0.05) is 39.5 Å². The fraction of sp³-hybridized carbons (Fsp3) is 0.765. The zero-order valence-electron chi connectivity index (χ0n) is 13.8. The normalized spacial score (nSPS) is 22.0. The molecular formula is C17H30N4. The molecule has 4 nitrogen and oxygen atoms in total. The Morgan fingerprint density at radius 2 is 1.86 bits per heavy atom. The van der Waals surface area contributed by atoms with Crippen molar-refractivity contribution >= 4 is 11.8 Å². The lowest BCUT2D eigenvalue weighted by Gasteiger charge is -2.26. The van der Waals surface area contributed by atoms with E-state index in [1.807, 2.05) is 13.0 Å². The van der Waals surface area contributed by atoms with E-state index < -0.39 is 0 Å². The summed E-state index contributed by atoms with van der Waals surface area (Å²) in [5.74, 6) is 3.52. The molecule has 1 aliphatic rings. The van der Waals surface area contributed by atoms with Gasteiger partial charge < -0.3 is 10.6 Å². The molecule has 1 aromatic rings. The van der Waals surface area contributed by atoms with Crippen LogP contribution in [0.5, 0.6) is 0 Å². The summed E-state index contributed by atoms with van der Waals surface area (Å²) in [6, 6.07) is 2.03. The molecule has 2 rings (SSSR count). The Morgan fingerprint density at radius 3 is 2.57 bits per heavy atom. The molecule has 1 aromatic heterocycles. The van der Waals surface area contributed by atoms with Gasteiger partial charge in [-0.25, -0.2) is 4.98 Å². The van der Waals surface area contributed by atoms with Gasteiger partial charge in [0.05, 0.1) is 0 Å². The Hall–Kier alpha value is -1.32. The molecule has 21 heavy (non-hydrogen) atoms. The fourth-order valence-electron chi connectivity index (χ4n) is 3.00. The van der Waals surface area contributed by atoms with Crippen molar-refractivity contribution in [3.05, 3.63) is 11.8 Å². The Balaban J connectivity index is 1.78. The fourth-order valence-corrected chi connectivity index (χ4v) is 3.00. The third-order valence-corrected chi connectivity index (χ3v) is 4.38. The van der Waals surface area contributed by atoms with Crippen molar-refractivity contribution in [1.29, 1.82) is 0 Å². The van der Waals surface area contributed by atoms with Gasteiger partial charge in [-0.2, -0.15) is 4.98 Å². The Morgan fingerprint density at radius 1 is 1.10 bits per heavy atom. The average Bonchev–Trinajstić information content (AvgIpc) is 2.47. The lowest BCUT2D eigenvalue weighted by atomic mass is 9.81. The molecule has 0 unspecified atom stereocenters. The number of nitrogens with zero attached hydrogens (tertiary/aromatic N) is 2. The summed E-state index contributed by atoms with van der Waals surface area (Å²) in [4.78, 5) is 8.95. The molecule has 1 aliphatic carbocycles. The maximum absolute atomic E-state index is 4.53. The quantitative estimate of drug-likeness (QED) is 0.789. The first-order valence-electron chi connectivity index (χ1n) is 8.50. The van der Waals surface area contributed by atoms with Gasteiger partial charge in [0, 0.05) is 24.8 Å². The second-order valence-corrected chi connectivity index (χ2v) is 6.49. The van der Waals surface area contributed by atoms with Crippen LogP contribution in [0, 0.1) is 18.8 Å². The molecule has 4 heteroatoms. The Bertz CT molecular complexity index is 425. The zero-order valence-corrected chi connectivity index (χ0v) is 13.8. The predicted octanol–water partition coefficient (Wildman–Crippen LogP) is 4.24. The average molecular weight is 290 g/mol. The highest BCUT2D eigenvalue weighted by molar-refractivity contribution is 5.42. The highest BCUT2D eigenvalue weighted by atomic mass is 15.1. The SMILES string of the molecule is CCCNc1nc(C)cc(NCCC2CCC(C)CC2)n1. The van der Waals surface area contributed by atoms with E-state index in [4.69, 9.17) is 0 Å². The summed E-state index contributed by atoms with van der Waals surface area (Å²) in [6.45, 7) is 8.48. The van der Waals surface area contributed by atoms with Crippen LogP contribution in [0.25, 0.3) is 0 Å². The van der Waals surface area contributed by atoms with E-state index in [2.05, 4.69) is 34.4 Å². The minimum absolute atomic E-state index is 0.742. The number of anilines is 2. The first-order valence-corrected chi connectivity index (χ1v) is 8.50. The van der Waals surface area contributed by atoms with E-state index in [0.717, 1.165) is 48.8 Å². The van der Waals surface area contributed by atoms with Gasteiger partial charge in [0.15, 0.2) is 0 Å². The molecule has 0 atom stereocenters. The summed E-state index contributed by atoms with van der Waals surface area (Å²) in [7, 11) is 0. The maximum atomic E-state index is 4.53. The van der Waals surface area contributed by atoms with Gasteiger partial charge in [-0.3, -0.25) is 0 Å². The topological polar surface area (TPSA) is 49.8 Å². The molecular weight excluding hydrogens is 260 g/mol. The second-order valence-electron chi connectivity index (χ2n) is 6.49. The van der Waals surface area contributed by atoms with E-state index in [1.54, 1.807) is 0 Å². The molecule has 1 heterocycles. The smallest absolute Gasteiger partial charge is 0.224 e. The van der Waals surface area contributed by atoms with Crippen LogP contribution in [-0.2, 0) is 0 Å². The van der Waals surface area contributed by atoms with Crippen LogP contribution in [0.1, 0.15) is 58.1 Å². The predicted molar refractivity (Wildman–Crippen MR) is 89.8 cm³/mol. The number of hydrogen-bond donors (Lipinski definition) is 2. The lowest BCUT2D eigenvalue weighted by Crippen LogP contribution is -2.16. The van der Waals surface area contributed by atoms with Crippen molar-refractivity contribution in [2.24, 2.45) is 11.8 Å². The van der Waals surface area contributed by atoms with Gasteiger partial charge in [0.1, 0.15) is 5.82 Å². The van der Waals surface area contributed by atoms with Gasteiger partial charge in [-0.05, 0) is 31.6 Å². The van der Waals surface area contributed by atoms with Crippen LogP contribution in [0.3, 0.4) is 0 Å². The van der Waals surface area contributed by atoms with Crippen LogP contribution in [-0.4, -0.2) is 23.1 Å². The number of aryl methyl sites for hydroxylation is 1. The van der Waals surface area contributed by atoms with Crippen molar-refractivity contribution in [1.82, 2.24) is 9.97 Å². The maximum Gasteiger partial charge on any atom is 0.224 e. The number of nitrogens with one attached hydrogen (secondary N) is 2. The Kier molecular flexibility index (Phi) is 6.27. The highest BCUT2D eigenvalue weighted by Crippen LogP contribution is 2.30. The second kappa shape index (κ2) is 8.20. The first kappa shape index (κ1) is 16.1. The van der Waals surface area contributed by atoms with E-state index in [9.17, 15) is 0 Å². The molecule has 0 amide bonds. The lowest BCUT2D eigenvalue weighted by molar-refractivity contribution is 0.282. The summed E-state index contributed by atoms with van der Waals surface area (Å²) >= 11 is 0. The Labute approximate surface area is 129 Å². The zero-order chi connectivity index (χ0) is 15.1. The van der Waals surface area contributed by atoms with E-state index >= 15 is 0 Å². The number of hydrogen-bond acceptors (Lipinski definition) is 4. The highest BCUT2D eigenvalue weighted by Gasteiger charge is 2.17. The molecule has 0 radical (unpaired) electrons. The minimum Gasteiger partial charge on any atom is -0.370 e. The van der Waals surface area contributed by atoms with Crippen molar-refractivity contribution in [2.45, 2.75) is 59.3 Å². The van der Waals surface area contributed by atoms with Gasteiger partial charge in [0.2, 0.25) is 5.95 Å². The van der Waals surface area contributed by atoms with E-state index in [0.29, 0.717) is 0 Å². The third kappa shape index (κ3) is 5.52. The molecule has 1 saturated carbocycles. The minimum atomic E-state index is 0.742. The van der Waals surface area contributed by atoms with Crippen molar-refractivity contribution in [3.8, 4) is 0 Å². The molecule has 0 spiro atoms. The van der Waals surface area contributed by atoms with Gasteiger partial charge in [-0.15, -0.1) is 0 Å². The largest absolute Gasteiger partial charge is 0.370 e.